The van der Waals surface area contributed by atoms with Crippen molar-refractivity contribution < 1.29 is 19.5 Å². The third-order valence-corrected chi connectivity index (χ3v) is 4.39. The molecule has 146 valence electrons. The summed E-state index contributed by atoms with van der Waals surface area (Å²) >= 11 is 0. The van der Waals surface area contributed by atoms with Crippen molar-refractivity contribution in [3.63, 3.8) is 0 Å². The molecule has 0 aliphatic heterocycles. The number of rotatable bonds is 10. The molecule has 1 unspecified atom stereocenters. The van der Waals surface area contributed by atoms with Gasteiger partial charge >= 0.3 is 0 Å². The number of aliphatic hydroxyl groups is 2. The topological polar surface area (TPSA) is 101 Å². The lowest BCUT2D eigenvalue weighted by Gasteiger charge is -2.38. The molecule has 0 amide bonds. The van der Waals surface area contributed by atoms with E-state index in [1.807, 2.05) is 13.8 Å². The number of ether oxygens (including phenoxy) is 1. The van der Waals surface area contributed by atoms with E-state index in [1.54, 1.807) is 0 Å². The Morgan fingerprint density at radius 2 is 2.04 bits per heavy atom. The van der Waals surface area contributed by atoms with E-state index in [4.69, 9.17) is 9.84 Å². The van der Waals surface area contributed by atoms with Crippen molar-refractivity contribution in [2.75, 3.05) is 13.2 Å². The molecule has 3 N–H and O–H groups in total. The van der Waals surface area contributed by atoms with Crippen LogP contribution in [0.3, 0.4) is 0 Å². The van der Waals surface area contributed by atoms with Gasteiger partial charge in [-0.15, -0.1) is 0 Å². The molecule has 1 aromatic heterocycles. The smallest absolute Gasteiger partial charge is 0.213 e. The summed E-state index contributed by atoms with van der Waals surface area (Å²) in [6.07, 6.45) is 4.94. The van der Waals surface area contributed by atoms with E-state index >= 15 is 0 Å². The van der Waals surface area contributed by atoms with Gasteiger partial charge in [0.1, 0.15) is 0 Å². The Hall–Kier alpha value is -1.02. The average Bonchev–Trinajstić information content (AvgIpc) is 3.03. The second kappa shape index (κ2) is 12.4. The van der Waals surface area contributed by atoms with Crippen molar-refractivity contribution in [1.82, 2.24) is 15.5 Å². The normalized spacial score (nSPS) is 21.0. The van der Waals surface area contributed by atoms with Crippen molar-refractivity contribution in [3.8, 4) is 0 Å². The van der Waals surface area contributed by atoms with E-state index in [0.29, 0.717) is 25.5 Å². The van der Waals surface area contributed by atoms with Gasteiger partial charge in [0.05, 0.1) is 25.4 Å². The van der Waals surface area contributed by atoms with Crippen LogP contribution in [0.15, 0.2) is 10.9 Å². The van der Waals surface area contributed by atoms with Crippen molar-refractivity contribution in [2.45, 2.75) is 78.2 Å². The maximum atomic E-state index is 9.19. The van der Waals surface area contributed by atoms with Crippen LogP contribution in [0.5, 0.6) is 0 Å². The number of hydrogen-bond donors (Lipinski definition) is 3. The Bertz CT molecular complexity index is 420. The predicted molar refractivity (Wildman–Crippen MR) is 95.9 cm³/mol. The van der Waals surface area contributed by atoms with Gasteiger partial charge in [-0.25, -0.2) is 0 Å². The summed E-state index contributed by atoms with van der Waals surface area (Å²) in [6.45, 7) is 9.68. The first-order valence-corrected chi connectivity index (χ1v) is 9.31. The minimum absolute atomic E-state index is 0.138. The molecule has 1 atom stereocenters. The monoisotopic (exact) mass is 357 g/mol. The third kappa shape index (κ3) is 9.89. The fourth-order valence-electron chi connectivity index (χ4n) is 2.59. The highest BCUT2D eigenvalue weighted by atomic mass is 16.5. The van der Waals surface area contributed by atoms with Crippen molar-refractivity contribution in [2.24, 2.45) is 11.8 Å². The van der Waals surface area contributed by atoms with Crippen molar-refractivity contribution in [3.05, 3.63) is 12.2 Å². The first-order chi connectivity index (χ1) is 11.9. The lowest BCUT2D eigenvalue weighted by molar-refractivity contribution is 0.000517. The van der Waals surface area contributed by atoms with E-state index < -0.39 is 6.10 Å². The highest BCUT2D eigenvalue weighted by Gasteiger charge is 2.30. The van der Waals surface area contributed by atoms with E-state index in [2.05, 4.69) is 33.8 Å². The number of aromatic nitrogens is 2. The minimum atomic E-state index is -0.426. The molecule has 0 saturated heterocycles. The SMILES string of the molecule is CC(C)C1CC(NCc2ncon2)C1.CC(C)OCC(O)CCCO. The molecule has 1 heterocycles. The van der Waals surface area contributed by atoms with Crippen LogP contribution in [0.4, 0.5) is 0 Å². The molecule has 25 heavy (non-hydrogen) atoms. The van der Waals surface area contributed by atoms with Crippen LogP contribution in [0, 0.1) is 11.8 Å². The number of nitrogens with zero attached hydrogens (tertiary/aromatic N) is 2. The zero-order chi connectivity index (χ0) is 18.7. The highest BCUT2D eigenvalue weighted by Crippen LogP contribution is 2.33. The second-order valence-electron chi connectivity index (χ2n) is 7.30. The quantitative estimate of drug-likeness (QED) is 0.590. The fraction of sp³-hybridized carbons (Fsp3) is 0.889. The van der Waals surface area contributed by atoms with E-state index in [1.165, 1.54) is 19.2 Å². The van der Waals surface area contributed by atoms with Crippen LogP contribution < -0.4 is 5.32 Å². The van der Waals surface area contributed by atoms with E-state index in [-0.39, 0.29) is 12.7 Å². The molecule has 1 aliphatic carbocycles. The summed E-state index contributed by atoms with van der Waals surface area (Å²) in [6, 6.07) is 0.654. The summed E-state index contributed by atoms with van der Waals surface area (Å²) in [5.41, 5.74) is 0. The lowest BCUT2D eigenvalue weighted by Crippen LogP contribution is -2.42. The molecule has 0 bridgehead atoms. The van der Waals surface area contributed by atoms with Gasteiger partial charge < -0.3 is 24.8 Å². The Morgan fingerprint density at radius 3 is 2.56 bits per heavy atom. The maximum Gasteiger partial charge on any atom is 0.213 e. The number of aliphatic hydroxyl groups excluding tert-OH is 2. The van der Waals surface area contributed by atoms with Crippen LogP contribution in [0.2, 0.25) is 0 Å². The largest absolute Gasteiger partial charge is 0.396 e. The van der Waals surface area contributed by atoms with Gasteiger partial charge in [-0.1, -0.05) is 19.0 Å². The summed E-state index contributed by atoms with van der Waals surface area (Å²) in [7, 11) is 0. The Morgan fingerprint density at radius 1 is 1.32 bits per heavy atom. The molecular formula is C18H35N3O4. The van der Waals surface area contributed by atoms with Crippen LogP contribution in [-0.2, 0) is 11.3 Å². The van der Waals surface area contributed by atoms with Crippen LogP contribution >= 0.6 is 0 Å². The molecule has 2 rings (SSSR count). The molecule has 1 aromatic rings. The zero-order valence-corrected chi connectivity index (χ0v) is 16.0. The summed E-state index contributed by atoms with van der Waals surface area (Å²) in [5, 5.41) is 24.8. The molecule has 0 aromatic carbocycles. The molecule has 0 spiro atoms. The predicted octanol–water partition coefficient (Wildman–Crippen LogP) is 2.14. The maximum absolute atomic E-state index is 9.19. The minimum Gasteiger partial charge on any atom is -0.396 e. The van der Waals surface area contributed by atoms with Gasteiger partial charge in [-0.2, -0.15) is 4.98 Å². The van der Waals surface area contributed by atoms with Crippen LogP contribution in [0.1, 0.15) is 59.2 Å². The summed E-state index contributed by atoms with van der Waals surface area (Å²) < 4.78 is 9.83. The summed E-state index contributed by atoms with van der Waals surface area (Å²) in [4.78, 5) is 3.96. The van der Waals surface area contributed by atoms with Gasteiger partial charge in [-0.3, -0.25) is 0 Å². The van der Waals surface area contributed by atoms with Crippen molar-refractivity contribution >= 4 is 0 Å². The molecular weight excluding hydrogens is 322 g/mol. The molecule has 1 fully saturated rings. The molecule has 0 radical (unpaired) electrons. The molecule has 7 heteroatoms. The van der Waals surface area contributed by atoms with Gasteiger partial charge in [0.2, 0.25) is 6.39 Å². The second-order valence-corrected chi connectivity index (χ2v) is 7.30. The zero-order valence-electron chi connectivity index (χ0n) is 16.0. The average molecular weight is 357 g/mol. The molecule has 1 saturated carbocycles. The number of nitrogens with one attached hydrogen (secondary N) is 1. The van der Waals surface area contributed by atoms with Gasteiger partial charge in [0.15, 0.2) is 5.82 Å². The van der Waals surface area contributed by atoms with Crippen molar-refractivity contribution in [1.29, 1.82) is 0 Å². The first kappa shape index (κ1) is 22.0. The van der Waals surface area contributed by atoms with E-state index in [0.717, 1.165) is 24.2 Å². The standard InChI is InChI=1S/C10H17N3O.C8H18O3/c1-7(2)8-3-9(4-8)11-5-10-12-6-14-13-10;1-7(2)11-6-8(10)4-3-5-9/h6-9,11H,3-5H2,1-2H3;7-10H,3-6H2,1-2H3. The van der Waals surface area contributed by atoms with Gasteiger partial charge in [0.25, 0.3) is 0 Å². The lowest BCUT2D eigenvalue weighted by atomic mass is 9.74. The Balaban J connectivity index is 0.000000260. The highest BCUT2D eigenvalue weighted by molar-refractivity contribution is 4.88. The third-order valence-electron chi connectivity index (χ3n) is 4.39. The van der Waals surface area contributed by atoms with Crippen LogP contribution in [-0.4, -0.2) is 51.8 Å². The molecule has 1 aliphatic rings. The first-order valence-electron chi connectivity index (χ1n) is 9.31. The summed E-state index contributed by atoms with van der Waals surface area (Å²) in [5.74, 6) is 2.47. The van der Waals surface area contributed by atoms with Gasteiger partial charge in [-0.05, 0) is 51.4 Å². The molecule has 7 nitrogen and oxygen atoms in total. The van der Waals surface area contributed by atoms with Gasteiger partial charge in [0, 0.05) is 12.6 Å². The number of hydrogen-bond acceptors (Lipinski definition) is 7. The Kier molecular flexibility index (Phi) is 10.9. The van der Waals surface area contributed by atoms with E-state index in [9.17, 15) is 5.11 Å². The fourth-order valence-corrected chi connectivity index (χ4v) is 2.59. The Labute approximate surface area is 151 Å². The van der Waals surface area contributed by atoms with Crippen LogP contribution in [0.25, 0.3) is 0 Å².